The molecule has 4 heteroatoms. The summed E-state index contributed by atoms with van der Waals surface area (Å²) in [6.07, 6.45) is 1.03. The van der Waals surface area contributed by atoms with Gasteiger partial charge in [0.15, 0.2) is 0 Å². The molecule has 0 bridgehead atoms. The van der Waals surface area contributed by atoms with Gasteiger partial charge < -0.3 is 0 Å². The zero-order valence-electron chi connectivity index (χ0n) is 15.7. The number of nitrogens with zero attached hydrogens (tertiary/aromatic N) is 2. The molecule has 0 amide bonds. The summed E-state index contributed by atoms with van der Waals surface area (Å²) in [6, 6.07) is 18.7. The fourth-order valence-corrected chi connectivity index (χ4v) is 4.62. The van der Waals surface area contributed by atoms with Gasteiger partial charge in [-0.25, -0.2) is 4.98 Å². The summed E-state index contributed by atoms with van der Waals surface area (Å²) >= 11 is 12.5. The summed E-state index contributed by atoms with van der Waals surface area (Å²) in [7, 11) is 0. The van der Waals surface area contributed by atoms with Crippen molar-refractivity contribution in [1.29, 1.82) is 0 Å². The van der Waals surface area contributed by atoms with Gasteiger partial charge in [0, 0.05) is 24.0 Å². The Balaban J connectivity index is 1.86. The molecule has 1 aliphatic rings. The summed E-state index contributed by atoms with van der Waals surface area (Å²) < 4.78 is 0. The number of benzene rings is 3. The van der Waals surface area contributed by atoms with Crippen molar-refractivity contribution in [3.8, 4) is 11.3 Å². The fraction of sp³-hybridized carbons (Fsp3) is 0.208. The van der Waals surface area contributed by atoms with Crippen LogP contribution < -0.4 is 0 Å². The minimum absolute atomic E-state index is 0.566. The molecule has 1 aliphatic heterocycles. The second kappa shape index (κ2) is 7.04. The van der Waals surface area contributed by atoms with Gasteiger partial charge in [0.05, 0.1) is 21.3 Å². The predicted octanol–water partition coefficient (Wildman–Crippen LogP) is 6.74. The third-order valence-electron chi connectivity index (χ3n) is 5.79. The lowest BCUT2D eigenvalue weighted by atomic mass is 9.89. The van der Waals surface area contributed by atoms with Crippen molar-refractivity contribution >= 4 is 44.9 Å². The second-order valence-corrected chi connectivity index (χ2v) is 8.16. The van der Waals surface area contributed by atoms with Gasteiger partial charge in [-0.2, -0.15) is 0 Å². The molecule has 0 saturated heterocycles. The van der Waals surface area contributed by atoms with Crippen molar-refractivity contribution in [2.75, 3.05) is 13.1 Å². The van der Waals surface area contributed by atoms with Crippen molar-refractivity contribution in [3.05, 3.63) is 75.8 Å². The van der Waals surface area contributed by atoms with Crippen LogP contribution in [0.5, 0.6) is 0 Å². The van der Waals surface area contributed by atoms with Crippen LogP contribution in [0.15, 0.2) is 54.6 Å². The Kier molecular flexibility index (Phi) is 4.51. The molecule has 0 saturated carbocycles. The topological polar surface area (TPSA) is 16.1 Å². The van der Waals surface area contributed by atoms with Crippen molar-refractivity contribution in [2.24, 2.45) is 0 Å². The van der Waals surface area contributed by atoms with Crippen LogP contribution in [0.25, 0.3) is 32.9 Å². The van der Waals surface area contributed by atoms with E-state index in [4.69, 9.17) is 28.2 Å². The smallest absolute Gasteiger partial charge is 0.0758 e. The Morgan fingerprint density at radius 3 is 2.64 bits per heavy atom. The van der Waals surface area contributed by atoms with E-state index in [0.29, 0.717) is 10.0 Å². The maximum atomic E-state index is 6.33. The zero-order chi connectivity index (χ0) is 19.3. The van der Waals surface area contributed by atoms with E-state index < -0.39 is 0 Å². The second-order valence-electron chi connectivity index (χ2n) is 7.35. The van der Waals surface area contributed by atoms with Crippen molar-refractivity contribution < 1.29 is 0 Å². The Hall–Kier alpha value is -2.13. The summed E-state index contributed by atoms with van der Waals surface area (Å²) in [6.45, 7) is 5.24. The maximum Gasteiger partial charge on any atom is 0.0758 e. The monoisotopic (exact) mass is 406 g/mol. The lowest BCUT2D eigenvalue weighted by molar-refractivity contribution is 0.269. The number of likely N-dealkylation sites (N-methyl/N-ethyl adjacent to an activating group) is 1. The minimum atomic E-state index is 0.566. The lowest BCUT2D eigenvalue weighted by Gasteiger charge is -2.30. The first kappa shape index (κ1) is 17.9. The van der Waals surface area contributed by atoms with Crippen LogP contribution in [0.3, 0.4) is 0 Å². The number of aromatic nitrogens is 1. The average molecular weight is 407 g/mol. The van der Waals surface area contributed by atoms with Crippen LogP contribution in [0.1, 0.15) is 18.1 Å². The molecule has 2 nitrogen and oxygen atoms in total. The Labute approximate surface area is 174 Å². The molecule has 2 heterocycles. The normalized spacial score (nSPS) is 14.5. The SMILES string of the molecule is CCN1CCc2c(c(-c3ccc(Cl)c(Cl)c3)nc3ccc4ccccc4c23)C1. The number of rotatable bonds is 2. The van der Waals surface area contributed by atoms with Crippen LogP contribution in [0.2, 0.25) is 10.0 Å². The van der Waals surface area contributed by atoms with E-state index in [2.05, 4.69) is 48.2 Å². The molecule has 5 rings (SSSR count). The molecule has 0 aliphatic carbocycles. The van der Waals surface area contributed by atoms with Crippen LogP contribution in [0, 0.1) is 0 Å². The molecule has 28 heavy (non-hydrogen) atoms. The molecular weight excluding hydrogens is 387 g/mol. The summed E-state index contributed by atoms with van der Waals surface area (Å²) in [5.74, 6) is 0. The minimum Gasteiger partial charge on any atom is -0.299 e. The van der Waals surface area contributed by atoms with Gasteiger partial charge in [-0.15, -0.1) is 0 Å². The Morgan fingerprint density at radius 2 is 1.82 bits per heavy atom. The first-order chi connectivity index (χ1) is 13.7. The van der Waals surface area contributed by atoms with E-state index >= 15 is 0 Å². The predicted molar refractivity (Wildman–Crippen MR) is 119 cm³/mol. The van der Waals surface area contributed by atoms with E-state index in [1.54, 1.807) is 0 Å². The van der Waals surface area contributed by atoms with Gasteiger partial charge in [-0.3, -0.25) is 4.90 Å². The Morgan fingerprint density at radius 1 is 0.964 bits per heavy atom. The van der Waals surface area contributed by atoms with E-state index in [1.807, 2.05) is 18.2 Å². The van der Waals surface area contributed by atoms with Crippen LogP contribution >= 0.6 is 23.2 Å². The van der Waals surface area contributed by atoms with E-state index in [-0.39, 0.29) is 0 Å². The highest BCUT2D eigenvalue weighted by Crippen LogP contribution is 2.38. The molecular formula is C24H20Cl2N2. The largest absolute Gasteiger partial charge is 0.299 e. The Bertz CT molecular complexity index is 1220. The highest BCUT2D eigenvalue weighted by atomic mass is 35.5. The van der Waals surface area contributed by atoms with Crippen LogP contribution in [-0.2, 0) is 13.0 Å². The van der Waals surface area contributed by atoms with Gasteiger partial charge in [-0.05, 0) is 53.1 Å². The first-order valence-corrected chi connectivity index (χ1v) is 10.4. The summed E-state index contributed by atoms with van der Waals surface area (Å²) in [4.78, 5) is 7.59. The number of hydrogen-bond donors (Lipinski definition) is 0. The molecule has 0 fully saturated rings. The third-order valence-corrected chi connectivity index (χ3v) is 6.53. The first-order valence-electron chi connectivity index (χ1n) is 9.66. The number of halogens is 2. The van der Waals surface area contributed by atoms with Crippen LogP contribution in [-0.4, -0.2) is 23.0 Å². The van der Waals surface area contributed by atoms with Crippen LogP contribution in [0.4, 0.5) is 0 Å². The van der Waals surface area contributed by atoms with Crippen molar-refractivity contribution in [3.63, 3.8) is 0 Å². The highest BCUT2D eigenvalue weighted by molar-refractivity contribution is 6.42. The standard InChI is InChI=1S/C24H20Cl2N2/c1-2-28-12-11-18-19(14-28)24(16-7-9-20(25)21(26)13-16)27-22-10-8-15-5-3-4-6-17(15)23(18)22/h3-10,13H,2,11-12,14H2,1H3. The van der Waals surface area contributed by atoms with Gasteiger partial charge >= 0.3 is 0 Å². The average Bonchev–Trinajstić information content (AvgIpc) is 2.74. The van der Waals surface area contributed by atoms with Gasteiger partial charge in [0.2, 0.25) is 0 Å². The molecule has 140 valence electrons. The van der Waals surface area contributed by atoms with E-state index in [0.717, 1.165) is 42.8 Å². The van der Waals surface area contributed by atoms with E-state index in [9.17, 15) is 0 Å². The van der Waals surface area contributed by atoms with Gasteiger partial charge in [-0.1, -0.05) is 66.5 Å². The summed E-state index contributed by atoms with van der Waals surface area (Å²) in [5.41, 5.74) is 5.83. The lowest BCUT2D eigenvalue weighted by Crippen LogP contribution is -2.31. The van der Waals surface area contributed by atoms with Crippen molar-refractivity contribution in [2.45, 2.75) is 19.9 Å². The third kappa shape index (κ3) is 2.88. The molecule has 0 radical (unpaired) electrons. The molecule has 0 unspecified atom stereocenters. The zero-order valence-corrected chi connectivity index (χ0v) is 17.2. The van der Waals surface area contributed by atoms with Gasteiger partial charge in [0.1, 0.15) is 0 Å². The number of hydrogen-bond acceptors (Lipinski definition) is 2. The quantitative estimate of drug-likeness (QED) is 0.342. The molecule has 3 aromatic carbocycles. The molecule has 4 aromatic rings. The number of pyridine rings is 1. The van der Waals surface area contributed by atoms with Crippen molar-refractivity contribution in [1.82, 2.24) is 9.88 Å². The van der Waals surface area contributed by atoms with E-state index in [1.165, 1.54) is 27.3 Å². The maximum absolute atomic E-state index is 6.33. The molecule has 1 aromatic heterocycles. The molecule has 0 atom stereocenters. The highest BCUT2D eigenvalue weighted by Gasteiger charge is 2.24. The number of fused-ring (bicyclic) bond motifs is 5. The fourth-order valence-electron chi connectivity index (χ4n) is 4.32. The summed E-state index contributed by atoms with van der Waals surface area (Å²) in [5, 5.41) is 4.99. The molecule has 0 spiro atoms. The molecule has 0 N–H and O–H groups in total. The van der Waals surface area contributed by atoms with Gasteiger partial charge in [0.25, 0.3) is 0 Å².